The van der Waals surface area contributed by atoms with Gasteiger partial charge in [-0.1, -0.05) is 96.5 Å². The highest BCUT2D eigenvalue weighted by molar-refractivity contribution is 7.23. The van der Waals surface area contributed by atoms with Crippen LogP contribution in [-0.4, -0.2) is 135 Å². The highest BCUT2D eigenvalue weighted by Gasteiger charge is 2.40. The summed E-state index contributed by atoms with van der Waals surface area (Å²) in [5.41, 5.74) is 25.6. The van der Waals surface area contributed by atoms with E-state index in [1.807, 2.05) is 183 Å². The number of nitrogens with zero attached hydrogens (tertiary/aromatic N) is 10. The zero-order valence-corrected chi connectivity index (χ0v) is 85.8. The standard InChI is InChI=1S/C38H43ClN4O4S.C36H40ClN3O3S.C36H38ClN3O3S/c1-7-46-37(44)34(47-38(3,4)5)31-22(2)18-29-35(32(31)24-8-10-25(39)11-9-24)48-36(41-29)28-12-13-30-33(40-28)27(19-42(30)6)23-14-16-43(17-15-23)26-20-45-21-26;2*1-7-42-35(41)32(43-36(3,4)5)29-21(2)19-27-33(30(29)23-13-15-24(37)16-14-23)44-34(39-27)26-17-18-28-31(38-26)25(20-40(28)6)22-11-9-8-10-12-22/h8-13,18-19,23,26,34H,7,14-17,20-21H2,1-6H3;13-20,22,32H,7-12H2,1-6H3;11,13-20,32H,7-10,12H2,1-6H3/t34-;2*32-/m000/s1. The van der Waals surface area contributed by atoms with Crippen molar-refractivity contribution in [2.45, 2.75) is 227 Å². The molecule has 0 spiro atoms. The van der Waals surface area contributed by atoms with E-state index in [4.69, 9.17) is 97.9 Å². The summed E-state index contributed by atoms with van der Waals surface area (Å²) in [5.74, 6) is -0.212. The van der Waals surface area contributed by atoms with Crippen molar-refractivity contribution in [1.82, 2.24) is 48.5 Å². The maximum Gasteiger partial charge on any atom is 0.339 e. The zero-order valence-electron chi connectivity index (χ0n) is 81.0. The Labute approximate surface area is 823 Å². The highest BCUT2D eigenvalue weighted by Crippen LogP contribution is 2.51. The molecule has 136 heavy (non-hydrogen) atoms. The SMILES string of the molecule is CCOC(=O)[C@@H](OC(C)(C)C)c1c(C)cc2nc(-c3ccc4c(n3)c(C3=CCCCC3)cn4C)sc2c1-c1ccc(Cl)cc1.CCOC(=O)[C@@H](OC(C)(C)C)c1c(C)cc2nc(-c3ccc4c(n3)c(C3CCCCC3)cn4C)sc2c1-c1ccc(Cl)cc1.CCOC(=O)[C@@H](OC(C)(C)C)c1c(C)cc2nc(-c3ccc4c(n3)c(C3CCN(C5COC5)CC3)cn4C)sc2c1-c1ccc(Cl)cc1. The Bertz CT molecular complexity index is 7010. The lowest BCUT2D eigenvalue weighted by Gasteiger charge is -2.41. The zero-order chi connectivity index (χ0) is 96.1. The van der Waals surface area contributed by atoms with Gasteiger partial charge in [-0.15, -0.1) is 34.0 Å². The minimum Gasteiger partial charge on any atom is -0.464 e. The fourth-order valence-electron chi connectivity index (χ4n) is 19.6. The van der Waals surface area contributed by atoms with Gasteiger partial charge in [0.1, 0.15) is 15.0 Å². The number of benzene rings is 6. The van der Waals surface area contributed by atoms with Gasteiger partial charge >= 0.3 is 17.9 Å². The van der Waals surface area contributed by atoms with Crippen LogP contribution in [0.3, 0.4) is 0 Å². The summed E-state index contributed by atoms with van der Waals surface area (Å²) in [6, 6.07) is 42.6. The lowest BCUT2D eigenvalue weighted by molar-refractivity contribution is -0.167. The van der Waals surface area contributed by atoms with Gasteiger partial charge in [-0.25, -0.2) is 44.3 Å². The molecule has 9 aromatic heterocycles. The number of halogens is 3. The summed E-state index contributed by atoms with van der Waals surface area (Å²) in [4.78, 5) is 74.2. The van der Waals surface area contributed by atoms with Gasteiger partial charge in [0.15, 0.2) is 18.3 Å². The Morgan fingerprint density at radius 3 is 1.11 bits per heavy atom. The van der Waals surface area contributed by atoms with Crippen LogP contribution >= 0.6 is 68.8 Å². The number of rotatable bonds is 22. The molecule has 3 atom stereocenters. The first-order valence-corrected chi connectivity index (χ1v) is 51.2. The predicted molar refractivity (Wildman–Crippen MR) is 555 cm³/mol. The number of aromatic nitrogens is 9. The second-order valence-electron chi connectivity index (χ2n) is 39.2. The third-order valence-corrected chi connectivity index (χ3v) is 30.0. The number of likely N-dealkylation sites (tertiary alicyclic amines) is 1. The van der Waals surface area contributed by atoms with E-state index in [9.17, 15) is 14.4 Å². The lowest BCUT2D eigenvalue weighted by Crippen LogP contribution is -2.51. The monoisotopic (exact) mass is 1940 g/mol. The normalized spacial score (nSPS) is 15.8. The summed E-state index contributed by atoms with van der Waals surface area (Å²) in [6.45, 7) is 33.7. The number of aryl methyl sites for hydroxylation is 6. The minimum absolute atomic E-state index is 0.259. The quantitative estimate of drug-likeness (QED) is 0.0456. The van der Waals surface area contributed by atoms with Crippen molar-refractivity contribution < 1.29 is 47.5 Å². The maximum absolute atomic E-state index is 13.5. The molecule has 20 nitrogen and oxygen atoms in total. The van der Waals surface area contributed by atoms with Crippen molar-refractivity contribution in [3.63, 3.8) is 0 Å². The van der Waals surface area contributed by atoms with E-state index >= 15 is 0 Å². The number of thiazole rings is 3. The van der Waals surface area contributed by atoms with E-state index in [0.29, 0.717) is 32.9 Å². The third kappa shape index (κ3) is 20.9. The number of hydrogen-bond donors (Lipinski definition) is 0. The number of piperidine rings is 1. The van der Waals surface area contributed by atoms with E-state index < -0.39 is 53.0 Å². The summed E-state index contributed by atoms with van der Waals surface area (Å²) in [7, 11) is 6.29. The molecule has 26 heteroatoms. The van der Waals surface area contributed by atoms with E-state index in [1.165, 1.54) is 67.2 Å². The molecular formula is C110H121Cl3N10O10S3. The topological polar surface area (TPSA) is 211 Å². The van der Waals surface area contributed by atoms with E-state index in [2.05, 4.69) is 113 Å². The first-order valence-electron chi connectivity index (χ1n) is 47.6. The summed E-state index contributed by atoms with van der Waals surface area (Å²) in [6.07, 6.45) is 19.6. The fourth-order valence-corrected chi connectivity index (χ4v) is 23.3. The number of carbonyl (C=O) groups excluding carboxylic acids is 3. The van der Waals surface area contributed by atoms with Gasteiger partial charge in [0.05, 0.1) is 137 Å². The Morgan fingerprint density at radius 2 is 0.779 bits per heavy atom. The van der Waals surface area contributed by atoms with Crippen LogP contribution in [0.25, 0.3) is 135 Å². The molecule has 0 unspecified atom stereocenters. The number of hydrogen-bond acceptors (Lipinski definition) is 20. The second kappa shape index (κ2) is 40.7. The first-order chi connectivity index (χ1) is 65.1. The van der Waals surface area contributed by atoms with Gasteiger partial charge in [-0.2, -0.15) is 0 Å². The molecule has 3 fully saturated rings. The number of carbonyl (C=O) groups is 3. The van der Waals surface area contributed by atoms with E-state index in [0.717, 1.165) is 215 Å². The Morgan fingerprint density at radius 1 is 0.434 bits per heavy atom. The van der Waals surface area contributed by atoms with Crippen LogP contribution in [0.1, 0.15) is 234 Å². The number of esters is 3. The molecule has 0 radical (unpaired) electrons. The molecule has 0 N–H and O–H groups in total. The molecule has 1 saturated carbocycles. The Balaban J connectivity index is 0.000000142. The van der Waals surface area contributed by atoms with Crippen LogP contribution in [0, 0.1) is 20.8 Å². The lowest BCUT2D eigenvalue weighted by atomic mass is 9.85. The molecule has 2 aliphatic carbocycles. The molecule has 4 aliphatic rings. The fraction of sp³-hybridized carbons (Fsp3) is 0.409. The van der Waals surface area contributed by atoms with Gasteiger partial charge in [0.25, 0.3) is 0 Å². The molecular weight excluding hydrogens is 1820 g/mol. The van der Waals surface area contributed by atoms with E-state index in [1.54, 1.807) is 34.0 Å². The van der Waals surface area contributed by atoms with Crippen LogP contribution in [0.5, 0.6) is 0 Å². The molecule has 6 aromatic carbocycles. The highest BCUT2D eigenvalue weighted by atomic mass is 35.5. The minimum atomic E-state index is -0.921. The molecule has 19 rings (SSSR count). The number of fused-ring (bicyclic) bond motifs is 6. The maximum atomic E-state index is 13.5. The second-order valence-corrected chi connectivity index (χ2v) is 43.5. The molecule has 710 valence electrons. The third-order valence-electron chi connectivity index (χ3n) is 25.9. The van der Waals surface area contributed by atoms with Crippen molar-refractivity contribution in [2.75, 3.05) is 46.1 Å². The first kappa shape index (κ1) is 97.5. The number of pyridine rings is 3. The molecule has 0 amide bonds. The average molecular weight is 1950 g/mol. The van der Waals surface area contributed by atoms with Crippen molar-refractivity contribution in [3.05, 3.63) is 217 Å². The van der Waals surface area contributed by atoms with Crippen molar-refractivity contribution in [3.8, 4) is 65.5 Å². The van der Waals surface area contributed by atoms with E-state index in [-0.39, 0.29) is 19.8 Å². The van der Waals surface area contributed by atoms with Crippen LogP contribution in [0.15, 0.2) is 152 Å². The van der Waals surface area contributed by atoms with Gasteiger partial charge in [-0.05, 0) is 321 Å². The van der Waals surface area contributed by atoms with Gasteiger partial charge < -0.3 is 46.9 Å². The van der Waals surface area contributed by atoms with Crippen molar-refractivity contribution >= 4 is 156 Å². The number of ether oxygens (including phenoxy) is 7. The summed E-state index contributed by atoms with van der Waals surface area (Å²) < 4.78 is 50.9. The van der Waals surface area contributed by atoms with Crippen molar-refractivity contribution in [2.24, 2.45) is 21.1 Å². The number of allylic oxidation sites excluding steroid dienone is 2. The van der Waals surface area contributed by atoms with Gasteiger partial charge in [0.2, 0.25) is 0 Å². The molecule has 2 saturated heterocycles. The van der Waals surface area contributed by atoms with Crippen LogP contribution < -0.4 is 0 Å². The van der Waals surface area contributed by atoms with Crippen LogP contribution in [0.2, 0.25) is 15.1 Å². The Hall–Kier alpha value is -10.1. The molecule has 15 aromatic rings. The largest absolute Gasteiger partial charge is 0.464 e. The van der Waals surface area contributed by atoms with Crippen LogP contribution in [0.4, 0.5) is 0 Å². The smallest absolute Gasteiger partial charge is 0.339 e. The molecule has 2 aliphatic heterocycles. The van der Waals surface area contributed by atoms with Gasteiger partial charge in [0, 0.05) is 93.7 Å². The molecule has 0 bridgehead atoms. The van der Waals surface area contributed by atoms with Crippen molar-refractivity contribution in [1.29, 1.82) is 0 Å². The molecule has 11 heterocycles. The Kier molecular flexibility index (Phi) is 29.2. The predicted octanol–water partition coefficient (Wildman–Crippen LogP) is 28.3. The van der Waals surface area contributed by atoms with Crippen LogP contribution in [-0.2, 0) is 68.7 Å². The summed E-state index contributed by atoms with van der Waals surface area (Å²) in [5, 5.41) is 4.42. The summed E-state index contributed by atoms with van der Waals surface area (Å²) >= 11 is 23.7. The van der Waals surface area contributed by atoms with Gasteiger partial charge in [-0.3, -0.25) is 4.90 Å². The average Bonchev–Trinajstić information content (AvgIpc) is 1.59.